The van der Waals surface area contributed by atoms with Gasteiger partial charge in [-0.15, -0.1) is 0 Å². The summed E-state index contributed by atoms with van der Waals surface area (Å²) in [6, 6.07) is 6.23. The highest BCUT2D eigenvalue weighted by Gasteiger charge is 2.38. The molecule has 8 heteroatoms. The first-order valence-corrected chi connectivity index (χ1v) is 8.51. The van der Waals surface area contributed by atoms with Crippen LogP contribution < -0.4 is 5.56 Å². The molecular formula is C17H13FN4O2S. The number of fused-ring (bicyclic) bond motifs is 2. The number of benzene rings is 1. The Bertz CT molecular complexity index is 979. The predicted molar refractivity (Wildman–Crippen MR) is 93.5 cm³/mol. The third-order valence-electron chi connectivity index (χ3n) is 3.96. The molecule has 4 rings (SSSR count). The Hall–Kier alpha value is -2.74. The van der Waals surface area contributed by atoms with Crippen LogP contribution in [0.5, 0.6) is 0 Å². The molecule has 0 saturated carbocycles. The predicted octanol–water partition coefficient (Wildman–Crippen LogP) is 2.64. The van der Waals surface area contributed by atoms with Gasteiger partial charge in [-0.25, -0.2) is 14.4 Å². The topological polar surface area (TPSA) is 79.7 Å². The van der Waals surface area contributed by atoms with Crippen LogP contribution in [0.15, 0.2) is 62.2 Å². The number of halogens is 1. The summed E-state index contributed by atoms with van der Waals surface area (Å²) in [6.45, 7) is 0. The molecule has 1 unspecified atom stereocenters. The van der Waals surface area contributed by atoms with Gasteiger partial charge in [0, 0.05) is 23.7 Å². The van der Waals surface area contributed by atoms with Crippen molar-refractivity contribution in [3.8, 4) is 0 Å². The quantitative estimate of drug-likeness (QED) is 0.675. The molecule has 0 saturated heterocycles. The molecule has 126 valence electrons. The standard InChI is InChI=1S/C17H13FN4O2S/c1-24-16-12-7-19-14(21-16)13(12)11-6-20-17(22-15(11)23)25-8-9-2-4-10(18)5-3-9/h2-7,13H,8H2,1H3,(H,20,22,23). The van der Waals surface area contributed by atoms with Crippen molar-refractivity contribution >= 4 is 23.5 Å². The number of aromatic nitrogens is 2. The van der Waals surface area contributed by atoms with Crippen molar-refractivity contribution in [2.75, 3.05) is 7.11 Å². The molecule has 3 heterocycles. The second-order valence-electron chi connectivity index (χ2n) is 5.51. The molecule has 0 fully saturated rings. The minimum Gasteiger partial charge on any atom is -0.481 e. The first-order valence-electron chi connectivity index (χ1n) is 7.53. The van der Waals surface area contributed by atoms with Gasteiger partial charge >= 0.3 is 0 Å². The number of aliphatic imine (C=N–C) groups is 2. The summed E-state index contributed by atoms with van der Waals surface area (Å²) in [4.78, 5) is 28.0. The van der Waals surface area contributed by atoms with Crippen molar-refractivity contribution in [3.05, 3.63) is 69.5 Å². The van der Waals surface area contributed by atoms with Gasteiger partial charge in [0.15, 0.2) is 5.16 Å². The van der Waals surface area contributed by atoms with Crippen molar-refractivity contribution in [3.63, 3.8) is 0 Å². The second-order valence-corrected chi connectivity index (χ2v) is 6.48. The van der Waals surface area contributed by atoms with E-state index < -0.39 is 0 Å². The average molecular weight is 356 g/mol. The summed E-state index contributed by atoms with van der Waals surface area (Å²) >= 11 is 1.38. The highest BCUT2D eigenvalue weighted by atomic mass is 32.2. The molecule has 2 aliphatic rings. The lowest BCUT2D eigenvalue weighted by molar-refractivity contribution is 0.405. The van der Waals surface area contributed by atoms with Gasteiger partial charge in [-0.05, 0) is 17.7 Å². The molecular weight excluding hydrogens is 343 g/mol. The van der Waals surface area contributed by atoms with Crippen molar-refractivity contribution in [1.29, 1.82) is 0 Å². The number of aromatic amines is 1. The maximum atomic E-state index is 12.9. The lowest BCUT2D eigenvalue weighted by Crippen LogP contribution is -2.20. The van der Waals surface area contributed by atoms with Gasteiger partial charge in [-0.1, -0.05) is 23.9 Å². The molecule has 1 aromatic carbocycles. The molecule has 0 aliphatic carbocycles. The Morgan fingerprint density at radius 3 is 2.80 bits per heavy atom. The molecule has 2 aromatic rings. The van der Waals surface area contributed by atoms with Crippen LogP contribution in [0, 0.1) is 5.82 Å². The van der Waals surface area contributed by atoms with Crippen molar-refractivity contribution in [2.24, 2.45) is 9.98 Å². The number of ether oxygens (including phenoxy) is 1. The van der Waals surface area contributed by atoms with Crippen molar-refractivity contribution in [2.45, 2.75) is 16.8 Å². The molecule has 6 nitrogen and oxygen atoms in total. The molecule has 1 N–H and O–H groups in total. The van der Waals surface area contributed by atoms with Crippen molar-refractivity contribution < 1.29 is 9.13 Å². The number of thioether (sulfide) groups is 1. The fourth-order valence-electron chi connectivity index (χ4n) is 2.73. The van der Waals surface area contributed by atoms with E-state index in [2.05, 4.69) is 20.0 Å². The summed E-state index contributed by atoms with van der Waals surface area (Å²) in [5.74, 6) is 1.03. The van der Waals surface area contributed by atoms with E-state index in [4.69, 9.17) is 4.74 Å². The lowest BCUT2D eigenvalue weighted by atomic mass is 9.96. The first-order chi connectivity index (χ1) is 12.2. The molecule has 0 radical (unpaired) electrons. The van der Waals surface area contributed by atoms with Crippen LogP contribution in [0.25, 0.3) is 0 Å². The monoisotopic (exact) mass is 356 g/mol. The molecule has 2 aliphatic heterocycles. The highest BCUT2D eigenvalue weighted by molar-refractivity contribution is 7.98. The van der Waals surface area contributed by atoms with E-state index >= 15 is 0 Å². The van der Waals surface area contributed by atoms with Crippen LogP contribution in [0.3, 0.4) is 0 Å². The molecule has 1 aromatic heterocycles. The zero-order valence-electron chi connectivity index (χ0n) is 13.2. The van der Waals surface area contributed by atoms with Gasteiger partial charge in [0.25, 0.3) is 5.56 Å². The number of H-pyrrole nitrogens is 1. The van der Waals surface area contributed by atoms with Crippen LogP contribution in [-0.2, 0) is 10.5 Å². The Kier molecular flexibility index (Phi) is 3.96. The van der Waals surface area contributed by atoms with Crippen LogP contribution >= 0.6 is 11.8 Å². The minimum absolute atomic E-state index is 0.227. The lowest BCUT2D eigenvalue weighted by Gasteiger charge is -2.08. The van der Waals surface area contributed by atoms with Crippen LogP contribution in [-0.4, -0.2) is 28.8 Å². The Morgan fingerprint density at radius 2 is 2.12 bits per heavy atom. The second kappa shape index (κ2) is 6.29. The number of rotatable bonds is 4. The number of amidine groups is 1. The third-order valence-corrected chi connectivity index (χ3v) is 4.92. The zero-order chi connectivity index (χ0) is 17.4. The fraction of sp³-hybridized carbons (Fsp3) is 0.176. The summed E-state index contributed by atoms with van der Waals surface area (Å²) in [5, 5.41) is 0.507. The zero-order valence-corrected chi connectivity index (χ0v) is 14.0. The van der Waals surface area contributed by atoms with E-state index in [1.54, 1.807) is 24.5 Å². The third kappa shape index (κ3) is 2.89. The number of nitrogens with one attached hydrogen (secondary N) is 1. The summed E-state index contributed by atoms with van der Waals surface area (Å²) in [5.41, 5.74) is 1.99. The fourth-order valence-corrected chi connectivity index (χ4v) is 3.52. The largest absolute Gasteiger partial charge is 0.481 e. The van der Waals surface area contributed by atoms with Crippen LogP contribution in [0.1, 0.15) is 17.0 Å². The molecule has 0 amide bonds. The van der Waals surface area contributed by atoms with E-state index in [9.17, 15) is 9.18 Å². The molecule has 0 spiro atoms. The smallest absolute Gasteiger partial charge is 0.255 e. The molecule has 25 heavy (non-hydrogen) atoms. The minimum atomic E-state index is -0.317. The van der Waals surface area contributed by atoms with Gasteiger partial charge in [0.2, 0.25) is 5.90 Å². The Morgan fingerprint density at radius 1 is 1.32 bits per heavy atom. The maximum absolute atomic E-state index is 12.9. The van der Waals surface area contributed by atoms with E-state index in [0.717, 1.165) is 11.1 Å². The van der Waals surface area contributed by atoms with E-state index in [1.165, 1.54) is 31.0 Å². The number of nitrogens with zero attached hydrogens (tertiary/aromatic N) is 3. The summed E-state index contributed by atoms with van der Waals surface area (Å²) in [7, 11) is 1.54. The number of hydrogen-bond donors (Lipinski definition) is 1. The normalized spacial score (nSPS) is 18.0. The number of hydrogen-bond acceptors (Lipinski definition) is 6. The highest BCUT2D eigenvalue weighted by Crippen LogP contribution is 2.35. The maximum Gasteiger partial charge on any atom is 0.255 e. The molecule has 1 atom stereocenters. The SMILES string of the molecule is COC1=NC2=NC=C1C2c1cnc(SCc2ccc(F)cc2)[nH]c1=O. The first kappa shape index (κ1) is 15.8. The number of methoxy groups -OCH3 is 1. The Balaban J connectivity index is 1.51. The van der Waals surface area contributed by atoms with E-state index in [1.807, 2.05) is 0 Å². The summed E-state index contributed by atoms with van der Waals surface area (Å²) < 4.78 is 18.1. The Labute approximate surface area is 146 Å². The van der Waals surface area contributed by atoms with Gasteiger partial charge in [-0.3, -0.25) is 4.79 Å². The van der Waals surface area contributed by atoms with Crippen molar-refractivity contribution in [1.82, 2.24) is 9.97 Å². The van der Waals surface area contributed by atoms with E-state index in [-0.39, 0.29) is 17.3 Å². The van der Waals surface area contributed by atoms with Gasteiger partial charge in [0.1, 0.15) is 11.7 Å². The van der Waals surface area contributed by atoms with Crippen LogP contribution in [0.2, 0.25) is 0 Å². The summed E-state index contributed by atoms with van der Waals surface area (Å²) in [6.07, 6.45) is 3.22. The van der Waals surface area contributed by atoms with Gasteiger partial charge in [0.05, 0.1) is 18.6 Å². The van der Waals surface area contributed by atoms with Gasteiger partial charge < -0.3 is 9.72 Å². The van der Waals surface area contributed by atoms with E-state index in [0.29, 0.717) is 28.2 Å². The average Bonchev–Trinajstić information content (AvgIpc) is 3.19. The molecule has 2 bridgehead atoms. The van der Waals surface area contributed by atoms with Gasteiger partial charge in [-0.2, -0.15) is 4.99 Å². The van der Waals surface area contributed by atoms with Crippen LogP contribution in [0.4, 0.5) is 4.39 Å².